The highest BCUT2D eigenvalue weighted by Gasteiger charge is 2.12. The monoisotopic (exact) mass is 333 g/mol. The summed E-state index contributed by atoms with van der Waals surface area (Å²) in [5.41, 5.74) is 3.44. The van der Waals surface area contributed by atoms with Gasteiger partial charge in [-0.2, -0.15) is 0 Å². The molecule has 0 atom stereocenters. The van der Waals surface area contributed by atoms with Crippen molar-refractivity contribution in [3.8, 4) is 11.4 Å². The van der Waals surface area contributed by atoms with Gasteiger partial charge in [0.1, 0.15) is 5.82 Å². The third-order valence-electron chi connectivity index (χ3n) is 3.26. The summed E-state index contributed by atoms with van der Waals surface area (Å²) in [4.78, 5) is 9.29. The number of benzene rings is 1. The molecule has 2 aromatic rings. The summed E-state index contributed by atoms with van der Waals surface area (Å²) in [6, 6.07) is 8.47. The van der Waals surface area contributed by atoms with Gasteiger partial charge in [-0.15, -0.1) is 0 Å². The summed E-state index contributed by atoms with van der Waals surface area (Å²) in [5.74, 6) is 1.63. The van der Waals surface area contributed by atoms with Crippen molar-refractivity contribution in [2.45, 2.75) is 33.1 Å². The Morgan fingerprint density at radius 3 is 2.35 bits per heavy atom. The van der Waals surface area contributed by atoms with Crippen LogP contribution in [0.15, 0.2) is 28.7 Å². The van der Waals surface area contributed by atoms with Gasteiger partial charge in [0.25, 0.3) is 0 Å². The Kier molecular flexibility index (Phi) is 5.12. The topological polar surface area (TPSA) is 37.8 Å². The minimum Gasteiger partial charge on any atom is -0.372 e. The smallest absolute Gasteiger partial charge is 0.161 e. The maximum atomic E-state index is 4.70. The first kappa shape index (κ1) is 15.0. The first-order valence-electron chi connectivity index (χ1n) is 7.03. The van der Waals surface area contributed by atoms with Gasteiger partial charge in [-0.05, 0) is 34.3 Å². The van der Waals surface area contributed by atoms with Gasteiger partial charge in [-0.25, -0.2) is 9.97 Å². The van der Waals surface area contributed by atoms with E-state index in [9.17, 15) is 0 Å². The summed E-state index contributed by atoms with van der Waals surface area (Å²) in [5, 5.41) is 3.13. The molecule has 0 bridgehead atoms. The van der Waals surface area contributed by atoms with Crippen LogP contribution in [0.25, 0.3) is 11.4 Å². The number of rotatable bonds is 5. The Morgan fingerprint density at radius 1 is 1.10 bits per heavy atom. The molecule has 0 saturated carbocycles. The van der Waals surface area contributed by atoms with Gasteiger partial charge >= 0.3 is 0 Å². The van der Waals surface area contributed by atoms with Gasteiger partial charge in [0.15, 0.2) is 5.82 Å². The zero-order chi connectivity index (χ0) is 14.5. The lowest BCUT2D eigenvalue weighted by Gasteiger charge is -2.11. The second-order valence-electron chi connectivity index (χ2n) is 4.71. The maximum absolute atomic E-state index is 4.70. The van der Waals surface area contributed by atoms with Crippen molar-refractivity contribution in [1.29, 1.82) is 0 Å². The second-order valence-corrected chi connectivity index (χ2v) is 5.50. The fraction of sp³-hybridized carbons (Fsp3) is 0.375. The Morgan fingerprint density at radius 2 is 1.80 bits per heavy atom. The van der Waals surface area contributed by atoms with E-state index in [4.69, 9.17) is 4.98 Å². The highest BCUT2D eigenvalue weighted by atomic mass is 79.9. The summed E-state index contributed by atoms with van der Waals surface area (Å²) in [7, 11) is 1.88. The highest BCUT2D eigenvalue weighted by Crippen LogP contribution is 2.27. The van der Waals surface area contributed by atoms with Crippen LogP contribution in [-0.4, -0.2) is 17.0 Å². The van der Waals surface area contributed by atoms with Crippen LogP contribution < -0.4 is 5.32 Å². The molecule has 0 radical (unpaired) electrons. The Hall–Kier alpha value is -1.42. The molecule has 0 fully saturated rings. The molecule has 0 aliphatic heterocycles. The van der Waals surface area contributed by atoms with Crippen molar-refractivity contribution >= 4 is 21.7 Å². The van der Waals surface area contributed by atoms with Crippen LogP contribution in [0.4, 0.5) is 5.82 Å². The molecule has 1 heterocycles. The lowest BCUT2D eigenvalue weighted by atomic mass is 10.1. The van der Waals surface area contributed by atoms with Gasteiger partial charge in [0.2, 0.25) is 0 Å². The lowest BCUT2D eigenvalue weighted by molar-refractivity contribution is 0.869. The van der Waals surface area contributed by atoms with E-state index < -0.39 is 0 Å². The highest BCUT2D eigenvalue weighted by molar-refractivity contribution is 9.10. The number of nitrogens with one attached hydrogen (secondary N) is 1. The number of hydrogen-bond acceptors (Lipinski definition) is 3. The summed E-state index contributed by atoms with van der Waals surface area (Å²) >= 11 is 3.58. The molecule has 3 nitrogen and oxygen atoms in total. The zero-order valence-corrected chi connectivity index (χ0v) is 13.8. The maximum Gasteiger partial charge on any atom is 0.161 e. The first-order chi connectivity index (χ1) is 9.69. The Labute approximate surface area is 129 Å². The third kappa shape index (κ3) is 3.18. The largest absolute Gasteiger partial charge is 0.372 e. The van der Waals surface area contributed by atoms with E-state index in [-0.39, 0.29) is 0 Å². The second kappa shape index (κ2) is 6.84. The Bertz CT molecular complexity index is 579. The number of anilines is 1. The molecule has 1 N–H and O–H groups in total. The molecule has 1 aromatic heterocycles. The number of aryl methyl sites for hydroxylation is 2. The van der Waals surface area contributed by atoms with Crippen molar-refractivity contribution in [3.63, 3.8) is 0 Å². The molecular formula is C16H20BrN3. The van der Waals surface area contributed by atoms with Gasteiger partial charge < -0.3 is 5.32 Å². The van der Waals surface area contributed by atoms with Crippen LogP contribution in [0.3, 0.4) is 0 Å². The van der Waals surface area contributed by atoms with Gasteiger partial charge in [-0.3, -0.25) is 0 Å². The van der Waals surface area contributed by atoms with Gasteiger partial charge in [0, 0.05) is 12.6 Å². The summed E-state index contributed by atoms with van der Waals surface area (Å²) in [6.45, 7) is 4.31. The molecular weight excluding hydrogens is 314 g/mol. The van der Waals surface area contributed by atoms with E-state index in [0.29, 0.717) is 0 Å². The number of hydrogen-bond donors (Lipinski definition) is 1. The predicted molar refractivity (Wildman–Crippen MR) is 88.1 cm³/mol. The summed E-state index contributed by atoms with van der Waals surface area (Å²) < 4.78 is 0.968. The molecule has 0 spiro atoms. The van der Waals surface area contributed by atoms with Crippen LogP contribution in [0.2, 0.25) is 0 Å². The van der Waals surface area contributed by atoms with Crippen molar-refractivity contribution in [3.05, 3.63) is 40.0 Å². The molecule has 106 valence electrons. The van der Waals surface area contributed by atoms with E-state index in [1.165, 1.54) is 5.56 Å². The molecule has 4 heteroatoms. The van der Waals surface area contributed by atoms with E-state index >= 15 is 0 Å². The SMILES string of the molecule is CCCc1nc(-c2ccc(CC)cc2)nc(NC)c1Br. The molecule has 0 saturated heterocycles. The van der Waals surface area contributed by atoms with Crippen LogP contribution in [0, 0.1) is 0 Å². The van der Waals surface area contributed by atoms with Crippen molar-refractivity contribution < 1.29 is 0 Å². The predicted octanol–water partition coefficient (Wildman–Crippen LogP) is 4.46. The van der Waals surface area contributed by atoms with Crippen molar-refractivity contribution in [1.82, 2.24) is 9.97 Å². The fourth-order valence-corrected chi connectivity index (χ4v) is 2.65. The summed E-state index contributed by atoms with van der Waals surface area (Å²) in [6.07, 6.45) is 3.05. The van der Waals surface area contributed by atoms with E-state index in [1.807, 2.05) is 7.05 Å². The zero-order valence-electron chi connectivity index (χ0n) is 12.2. The molecule has 0 amide bonds. The lowest BCUT2D eigenvalue weighted by Crippen LogP contribution is -2.03. The molecule has 20 heavy (non-hydrogen) atoms. The van der Waals surface area contributed by atoms with Crippen LogP contribution in [-0.2, 0) is 12.8 Å². The van der Waals surface area contributed by atoms with Gasteiger partial charge in [-0.1, -0.05) is 44.5 Å². The Balaban J connectivity index is 2.46. The first-order valence-corrected chi connectivity index (χ1v) is 7.82. The van der Waals surface area contributed by atoms with Crippen LogP contribution in [0.1, 0.15) is 31.5 Å². The number of halogens is 1. The van der Waals surface area contributed by atoms with Crippen molar-refractivity contribution in [2.75, 3.05) is 12.4 Å². The normalized spacial score (nSPS) is 10.6. The minimum absolute atomic E-state index is 0.781. The average molecular weight is 334 g/mol. The number of nitrogens with zero attached hydrogens (tertiary/aromatic N) is 2. The molecule has 0 unspecified atom stereocenters. The molecule has 2 rings (SSSR count). The number of aromatic nitrogens is 2. The van der Waals surface area contributed by atoms with E-state index in [0.717, 1.165) is 46.6 Å². The van der Waals surface area contributed by atoms with E-state index in [1.54, 1.807) is 0 Å². The molecule has 1 aromatic carbocycles. The minimum atomic E-state index is 0.781. The van der Waals surface area contributed by atoms with Crippen molar-refractivity contribution in [2.24, 2.45) is 0 Å². The van der Waals surface area contributed by atoms with Gasteiger partial charge in [0.05, 0.1) is 10.2 Å². The quantitative estimate of drug-likeness (QED) is 0.877. The standard InChI is InChI=1S/C16H20BrN3/c1-4-6-13-14(17)16(18-3)20-15(19-13)12-9-7-11(5-2)8-10-12/h7-10H,4-6H2,1-3H3,(H,18,19,20). The third-order valence-corrected chi connectivity index (χ3v) is 4.10. The van der Waals surface area contributed by atoms with Crippen LogP contribution in [0.5, 0.6) is 0 Å². The van der Waals surface area contributed by atoms with E-state index in [2.05, 4.69) is 64.3 Å². The molecule has 0 aliphatic carbocycles. The molecule has 0 aliphatic rings. The van der Waals surface area contributed by atoms with Crippen LogP contribution >= 0.6 is 15.9 Å². The fourth-order valence-electron chi connectivity index (χ4n) is 2.08. The average Bonchev–Trinajstić information content (AvgIpc) is 2.49.